The Bertz CT molecular complexity index is 619. The van der Waals surface area contributed by atoms with E-state index >= 15 is 0 Å². The minimum atomic E-state index is -0.451. The van der Waals surface area contributed by atoms with Gasteiger partial charge in [0.15, 0.2) is 5.84 Å². The summed E-state index contributed by atoms with van der Waals surface area (Å²) in [6, 6.07) is 4.35. The molecule has 0 unspecified atom stereocenters. The zero-order valence-electron chi connectivity index (χ0n) is 10.1. The fourth-order valence-corrected chi connectivity index (χ4v) is 1.79. The number of rotatable bonds is 3. The smallest absolute Gasteiger partial charge is 0.170 e. The average molecular weight is 283 g/mol. The molecule has 0 atom stereocenters. The summed E-state index contributed by atoms with van der Waals surface area (Å²) in [6.45, 7) is 2.03. The number of nitrogens with zero attached hydrogens (tertiary/aromatic N) is 3. The van der Waals surface area contributed by atoms with Crippen molar-refractivity contribution in [3.63, 3.8) is 0 Å². The lowest BCUT2D eigenvalue weighted by molar-refractivity contribution is 0.318. The van der Waals surface area contributed by atoms with Crippen molar-refractivity contribution in [2.45, 2.75) is 13.5 Å². The van der Waals surface area contributed by atoms with Gasteiger partial charge in [0.05, 0.1) is 17.3 Å². The van der Waals surface area contributed by atoms with Gasteiger partial charge >= 0.3 is 0 Å². The summed E-state index contributed by atoms with van der Waals surface area (Å²) in [5.74, 6) is -0.586. The molecule has 0 fully saturated rings. The first kappa shape index (κ1) is 13.4. The maximum Gasteiger partial charge on any atom is 0.170 e. The Labute approximate surface area is 114 Å². The molecule has 2 aromatic rings. The van der Waals surface area contributed by atoms with Crippen LogP contribution in [0.3, 0.4) is 0 Å². The van der Waals surface area contributed by atoms with Crippen molar-refractivity contribution < 1.29 is 9.60 Å². The third-order valence-electron chi connectivity index (χ3n) is 2.68. The molecule has 2 rings (SSSR count). The topological polar surface area (TPSA) is 76.4 Å². The van der Waals surface area contributed by atoms with E-state index in [1.54, 1.807) is 29.9 Å². The van der Waals surface area contributed by atoms with E-state index in [1.165, 1.54) is 6.07 Å². The van der Waals surface area contributed by atoms with Gasteiger partial charge in [0.1, 0.15) is 5.82 Å². The highest BCUT2D eigenvalue weighted by atomic mass is 35.5. The summed E-state index contributed by atoms with van der Waals surface area (Å²) >= 11 is 5.88. The predicted molar refractivity (Wildman–Crippen MR) is 70.0 cm³/mol. The molecule has 0 aliphatic heterocycles. The van der Waals surface area contributed by atoms with E-state index < -0.39 is 5.82 Å². The lowest BCUT2D eigenvalue weighted by Crippen LogP contribution is -2.14. The van der Waals surface area contributed by atoms with Gasteiger partial charge in [-0.25, -0.2) is 4.39 Å². The van der Waals surface area contributed by atoms with E-state index in [0.717, 1.165) is 0 Å². The van der Waals surface area contributed by atoms with Crippen molar-refractivity contribution in [2.75, 3.05) is 0 Å². The monoisotopic (exact) mass is 282 g/mol. The molecule has 1 aromatic carbocycles. The minimum Gasteiger partial charge on any atom is -0.409 e. The molecule has 0 bridgehead atoms. The van der Waals surface area contributed by atoms with Crippen molar-refractivity contribution >= 4 is 17.4 Å². The van der Waals surface area contributed by atoms with E-state index in [9.17, 15) is 4.39 Å². The van der Waals surface area contributed by atoms with Crippen LogP contribution in [0, 0.1) is 12.7 Å². The van der Waals surface area contributed by atoms with Crippen LogP contribution in [0.15, 0.2) is 29.6 Å². The number of halogens is 2. The summed E-state index contributed by atoms with van der Waals surface area (Å²) in [5, 5.41) is 16.0. The summed E-state index contributed by atoms with van der Waals surface area (Å²) in [7, 11) is 0. The van der Waals surface area contributed by atoms with Crippen molar-refractivity contribution in [3.05, 3.63) is 52.1 Å². The fourth-order valence-electron chi connectivity index (χ4n) is 1.64. The Morgan fingerprint density at radius 2 is 2.32 bits per heavy atom. The van der Waals surface area contributed by atoms with Gasteiger partial charge < -0.3 is 10.9 Å². The van der Waals surface area contributed by atoms with Gasteiger partial charge in [-0.3, -0.25) is 4.68 Å². The highest BCUT2D eigenvalue weighted by Crippen LogP contribution is 2.16. The summed E-state index contributed by atoms with van der Waals surface area (Å²) in [5.41, 5.74) is 6.83. The number of aryl methyl sites for hydroxylation is 1. The van der Waals surface area contributed by atoms with Crippen LogP contribution in [0.1, 0.15) is 16.8 Å². The van der Waals surface area contributed by atoms with E-state index in [4.69, 9.17) is 22.5 Å². The zero-order chi connectivity index (χ0) is 14.0. The van der Waals surface area contributed by atoms with Crippen LogP contribution in [0.25, 0.3) is 0 Å². The molecular formula is C12H12ClFN4O. The van der Waals surface area contributed by atoms with Gasteiger partial charge in [0.25, 0.3) is 0 Å². The summed E-state index contributed by atoms with van der Waals surface area (Å²) < 4.78 is 15.4. The highest BCUT2D eigenvalue weighted by molar-refractivity contribution is 6.31. The molecule has 0 spiro atoms. The number of amidine groups is 1. The number of hydrogen-bond acceptors (Lipinski definition) is 3. The van der Waals surface area contributed by atoms with E-state index in [-0.39, 0.29) is 12.4 Å². The van der Waals surface area contributed by atoms with Crippen LogP contribution in [-0.2, 0) is 6.54 Å². The molecule has 100 valence electrons. The maximum atomic E-state index is 13.9. The van der Waals surface area contributed by atoms with E-state index in [2.05, 4.69) is 10.3 Å². The highest BCUT2D eigenvalue weighted by Gasteiger charge is 2.09. The van der Waals surface area contributed by atoms with Gasteiger partial charge in [-0.15, -0.1) is 0 Å². The average Bonchev–Trinajstić information content (AvgIpc) is 2.70. The fraction of sp³-hybridized carbons (Fsp3) is 0.167. The second kappa shape index (κ2) is 5.27. The molecule has 1 heterocycles. The molecule has 0 amide bonds. The molecule has 0 radical (unpaired) electrons. The Morgan fingerprint density at radius 3 is 2.84 bits per heavy atom. The second-order valence-electron chi connectivity index (χ2n) is 4.05. The molecule has 7 heteroatoms. The van der Waals surface area contributed by atoms with Crippen LogP contribution < -0.4 is 5.73 Å². The Balaban J connectivity index is 2.26. The number of oxime groups is 1. The maximum absolute atomic E-state index is 13.9. The first-order valence-electron chi connectivity index (χ1n) is 5.47. The first-order chi connectivity index (χ1) is 9.01. The standard InChI is InChI=1S/C12H12ClFN4O/c1-7-10(13)6-18(16-7)5-9-3-2-8(4-11(9)14)12(15)17-19/h2-4,6,19H,5H2,1H3,(H2,15,17). The molecule has 0 aliphatic rings. The van der Waals surface area contributed by atoms with Crippen LogP contribution in [-0.4, -0.2) is 20.8 Å². The number of benzene rings is 1. The van der Waals surface area contributed by atoms with Crippen LogP contribution in [0.4, 0.5) is 4.39 Å². The predicted octanol–water partition coefficient (Wildman–Crippen LogP) is 2.13. The van der Waals surface area contributed by atoms with Gasteiger partial charge in [0.2, 0.25) is 0 Å². The summed E-state index contributed by atoms with van der Waals surface area (Å²) in [6.07, 6.45) is 1.63. The van der Waals surface area contributed by atoms with Crippen molar-refractivity contribution in [3.8, 4) is 0 Å². The number of nitrogens with two attached hydrogens (primary N) is 1. The van der Waals surface area contributed by atoms with E-state index in [1.807, 2.05) is 0 Å². The summed E-state index contributed by atoms with van der Waals surface area (Å²) in [4.78, 5) is 0. The van der Waals surface area contributed by atoms with Crippen molar-refractivity contribution in [2.24, 2.45) is 10.9 Å². The van der Waals surface area contributed by atoms with Gasteiger partial charge in [0, 0.05) is 17.3 Å². The SMILES string of the molecule is Cc1nn(Cc2ccc(C(N)=NO)cc2F)cc1Cl. The molecule has 19 heavy (non-hydrogen) atoms. The molecule has 0 saturated heterocycles. The van der Waals surface area contributed by atoms with Crippen LogP contribution in [0.2, 0.25) is 5.02 Å². The first-order valence-corrected chi connectivity index (χ1v) is 5.85. The number of hydrogen-bond donors (Lipinski definition) is 2. The molecule has 5 nitrogen and oxygen atoms in total. The normalized spacial score (nSPS) is 11.8. The van der Waals surface area contributed by atoms with Gasteiger partial charge in [-0.2, -0.15) is 5.10 Å². The van der Waals surface area contributed by atoms with Gasteiger partial charge in [-0.1, -0.05) is 28.9 Å². The van der Waals surface area contributed by atoms with E-state index in [0.29, 0.717) is 21.8 Å². The third kappa shape index (κ3) is 2.85. The second-order valence-corrected chi connectivity index (χ2v) is 4.46. The Hall–Kier alpha value is -2.08. The number of aromatic nitrogens is 2. The minimum absolute atomic E-state index is 0.136. The molecule has 3 N–H and O–H groups in total. The largest absolute Gasteiger partial charge is 0.409 e. The zero-order valence-corrected chi connectivity index (χ0v) is 10.9. The Morgan fingerprint density at radius 1 is 1.58 bits per heavy atom. The molecule has 0 saturated carbocycles. The Kier molecular flexibility index (Phi) is 3.71. The van der Waals surface area contributed by atoms with Gasteiger partial charge in [-0.05, 0) is 13.0 Å². The quantitative estimate of drug-likeness (QED) is 0.392. The molecular weight excluding hydrogens is 271 g/mol. The van der Waals surface area contributed by atoms with Crippen molar-refractivity contribution in [1.29, 1.82) is 0 Å². The lowest BCUT2D eigenvalue weighted by Gasteiger charge is -2.05. The molecule has 0 aliphatic carbocycles. The third-order valence-corrected chi connectivity index (χ3v) is 3.05. The van der Waals surface area contributed by atoms with Crippen LogP contribution >= 0.6 is 11.6 Å². The molecule has 1 aromatic heterocycles. The van der Waals surface area contributed by atoms with Crippen LogP contribution in [0.5, 0.6) is 0 Å². The van der Waals surface area contributed by atoms with Crippen molar-refractivity contribution in [1.82, 2.24) is 9.78 Å². The lowest BCUT2D eigenvalue weighted by atomic mass is 10.1.